The van der Waals surface area contributed by atoms with Crippen LogP contribution in [0.4, 0.5) is 0 Å². The SMILES string of the molecule is COc1cc2c3cc1[C@H](C)c1cc(c(OC)cc1OCCOCCOCCOCCO2)[C@H](C)c1cc2c(OC)cc1OCCOCCOCCOCCOc1cc(OC)c(cc1[C@H]2C)[C@@H]3C.ClC(Cl)Cl.ClC(Cl)Cl.ClC(Cl)Cl. The first-order valence-corrected chi connectivity index (χ1v) is 29.0. The number of rotatable bonds is 4. The third-order valence-electron chi connectivity index (χ3n) is 12.6. The molecule has 438 valence electrons. The van der Waals surface area contributed by atoms with Crippen LogP contribution in [0.5, 0.6) is 46.0 Å². The van der Waals surface area contributed by atoms with Crippen LogP contribution < -0.4 is 37.9 Å². The zero-order valence-electron chi connectivity index (χ0n) is 45.1. The fourth-order valence-electron chi connectivity index (χ4n) is 8.89. The van der Waals surface area contributed by atoms with Gasteiger partial charge in [-0.3, -0.25) is 0 Å². The maximum Gasteiger partial charge on any atom is 0.180 e. The van der Waals surface area contributed by atoms with Crippen molar-refractivity contribution < 1.29 is 66.3 Å². The van der Waals surface area contributed by atoms with Crippen LogP contribution in [0.2, 0.25) is 0 Å². The van der Waals surface area contributed by atoms with Crippen molar-refractivity contribution >= 4 is 104 Å². The molecule has 4 aliphatic rings. The zero-order valence-corrected chi connectivity index (χ0v) is 51.9. The Morgan fingerprint density at radius 1 is 0.282 bits per heavy atom. The van der Waals surface area contributed by atoms with E-state index in [1.807, 2.05) is 24.3 Å². The van der Waals surface area contributed by atoms with Crippen LogP contribution in [0.1, 0.15) is 95.9 Å². The molecule has 0 saturated heterocycles. The molecule has 0 spiro atoms. The normalized spacial score (nSPS) is 19.7. The monoisotopic (exact) mass is 1270 g/mol. The van der Waals surface area contributed by atoms with Crippen LogP contribution in [-0.4, -0.2) is 147 Å². The van der Waals surface area contributed by atoms with Gasteiger partial charge in [0.1, 0.15) is 72.4 Å². The highest BCUT2D eigenvalue weighted by Crippen LogP contribution is 2.50. The topological polar surface area (TPSA) is 129 Å². The van der Waals surface area contributed by atoms with E-state index in [1.165, 1.54) is 0 Å². The predicted molar refractivity (Wildman–Crippen MR) is 313 cm³/mol. The van der Waals surface area contributed by atoms with Gasteiger partial charge in [0.25, 0.3) is 0 Å². The molecule has 0 fully saturated rings. The van der Waals surface area contributed by atoms with Crippen LogP contribution in [0.15, 0.2) is 48.5 Å². The van der Waals surface area contributed by atoms with Gasteiger partial charge in [0.2, 0.25) is 0 Å². The van der Waals surface area contributed by atoms with Gasteiger partial charge in [0, 0.05) is 92.4 Å². The number of ether oxygens (including phenoxy) is 14. The van der Waals surface area contributed by atoms with E-state index in [9.17, 15) is 0 Å². The highest BCUT2D eigenvalue weighted by molar-refractivity contribution is 6.63. The molecule has 0 saturated carbocycles. The Bertz CT molecular complexity index is 2190. The van der Waals surface area contributed by atoms with Crippen LogP contribution in [-0.2, 0) is 28.4 Å². The molecule has 4 atom stereocenters. The second-order valence-electron chi connectivity index (χ2n) is 17.2. The van der Waals surface area contributed by atoms with Gasteiger partial charge >= 0.3 is 0 Å². The Morgan fingerprint density at radius 3 is 0.590 bits per heavy atom. The summed E-state index contributed by atoms with van der Waals surface area (Å²) in [5.41, 5.74) is 7.57. The summed E-state index contributed by atoms with van der Waals surface area (Å²) in [5, 5.41) is 0. The third kappa shape index (κ3) is 21.8. The minimum atomic E-state index is -0.750. The molecule has 10 bridgehead atoms. The van der Waals surface area contributed by atoms with Gasteiger partial charge in [-0.15, -0.1) is 0 Å². The minimum Gasteiger partial charge on any atom is -0.496 e. The summed E-state index contributed by atoms with van der Waals surface area (Å²) in [7, 11) is 6.76. The lowest BCUT2D eigenvalue weighted by Gasteiger charge is -2.29. The van der Waals surface area contributed by atoms with Crippen molar-refractivity contribution in [2.75, 3.05) is 134 Å². The first-order valence-electron chi connectivity index (χ1n) is 25.1. The highest BCUT2D eigenvalue weighted by atomic mass is 35.6. The summed E-state index contributed by atoms with van der Waals surface area (Å²) in [5.74, 6) is 4.41. The van der Waals surface area contributed by atoms with Gasteiger partial charge in [-0.25, -0.2) is 0 Å². The first-order chi connectivity index (χ1) is 37.5. The number of hydrogen-bond acceptors (Lipinski definition) is 14. The van der Waals surface area contributed by atoms with E-state index in [1.54, 1.807) is 28.4 Å². The van der Waals surface area contributed by atoms with Gasteiger partial charge in [0.15, 0.2) is 12.9 Å². The number of benzene rings is 4. The molecule has 0 aromatic heterocycles. The summed E-state index contributed by atoms with van der Waals surface area (Å²) in [6.07, 6.45) is 0. The van der Waals surface area contributed by atoms with Gasteiger partial charge in [-0.1, -0.05) is 132 Å². The fraction of sp³-hybridized carbons (Fsp3) is 0.564. The molecule has 0 unspecified atom stereocenters. The molecule has 1 aliphatic carbocycles. The Balaban J connectivity index is 0.000000992. The van der Waals surface area contributed by atoms with Crippen molar-refractivity contribution in [2.24, 2.45) is 0 Å². The molecule has 3 heterocycles. The van der Waals surface area contributed by atoms with Gasteiger partial charge in [-0.2, -0.15) is 0 Å². The van der Waals surface area contributed by atoms with Gasteiger partial charge < -0.3 is 66.3 Å². The van der Waals surface area contributed by atoms with Crippen molar-refractivity contribution in [1.82, 2.24) is 0 Å². The Morgan fingerprint density at radius 2 is 0.436 bits per heavy atom. The predicted octanol–water partition coefficient (Wildman–Crippen LogP) is 14.2. The third-order valence-corrected chi connectivity index (χ3v) is 12.6. The number of halogens is 9. The van der Waals surface area contributed by atoms with E-state index in [0.717, 1.165) is 44.5 Å². The molecule has 0 amide bonds. The molecule has 23 heteroatoms. The molecule has 0 N–H and O–H groups in total. The lowest BCUT2D eigenvalue weighted by atomic mass is 9.80. The minimum absolute atomic E-state index is 0.242. The van der Waals surface area contributed by atoms with E-state index in [2.05, 4.69) is 52.0 Å². The van der Waals surface area contributed by atoms with Crippen molar-refractivity contribution in [3.05, 3.63) is 93.0 Å². The standard InChI is InChI=1S/C52H68O14.3CHCl3/c1-33-37-25-43-36(4)40-28-42-34(2)38-26-44(52(30-46(38)54-6)66-24-20-62-16-12-58-10-14-60-18-22-64-50(42)32-48(40)56-8)35(3)39-27-41(33)49(31-47(39)55-7)63-21-17-59-13-9-57-11-15-61-19-23-65-51(43)29-45(37)53-5;3*2-1(3)4/h25-36H,9-24H2,1-8H3;3*1H/t33-,34-,35-,36-;;;/m0.../s1. The van der Waals surface area contributed by atoms with E-state index in [4.69, 9.17) is 171 Å². The fourth-order valence-corrected chi connectivity index (χ4v) is 8.89. The van der Waals surface area contributed by atoms with E-state index in [0.29, 0.717) is 152 Å². The number of alkyl halides is 9. The van der Waals surface area contributed by atoms with Crippen LogP contribution in [0.25, 0.3) is 0 Å². The van der Waals surface area contributed by atoms with E-state index in [-0.39, 0.29) is 23.7 Å². The molecule has 0 radical (unpaired) electrons. The van der Waals surface area contributed by atoms with Crippen LogP contribution in [0, 0.1) is 0 Å². The Labute approximate surface area is 504 Å². The average Bonchev–Trinajstić information content (AvgIpc) is 3.46. The molecule has 3 aliphatic heterocycles. The molecular weight excluding hydrogens is 1200 g/mol. The Kier molecular flexibility index (Phi) is 32.3. The highest BCUT2D eigenvalue weighted by Gasteiger charge is 2.31. The second-order valence-corrected chi connectivity index (χ2v) is 23.2. The average molecular weight is 1280 g/mol. The molecule has 78 heavy (non-hydrogen) atoms. The van der Waals surface area contributed by atoms with Crippen LogP contribution >= 0.6 is 104 Å². The lowest BCUT2D eigenvalue weighted by Crippen LogP contribution is -2.17. The maximum absolute atomic E-state index is 6.62. The molecule has 4 aromatic carbocycles. The number of hydrogen-bond donors (Lipinski definition) is 0. The molecule has 4 aromatic rings. The van der Waals surface area contributed by atoms with E-state index < -0.39 is 12.9 Å². The summed E-state index contributed by atoms with van der Waals surface area (Å²) in [4.78, 5) is 0. The number of methoxy groups -OCH3 is 4. The van der Waals surface area contributed by atoms with Crippen molar-refractivity contribution in [3.8, 4) is 46.0 Å². The smallest absolute Gasteiger partial charge is 0.180 e. The number of fused-ring (bicyclic) bond motifs is 15. The molecule has 14 nitrogen and oxygen atoms in total. The van der Waals surface area contributed by atoms with Crippen LogP contribution in [0.3, 0.4) is 0 Å². The summed E-state index contributed by atoms with van der Waals surface area (Å²) in [6.45, 7) is 14.9. The van der Waals surface area contributed by atoms with Crippen molar-refractivity contribution in [3.63, 3.8) is 0 Å². The van der Waals surface area contributed by atoms with Crippen molar-refractivity contribution in [2.45, 2.75) is 64.3 Å². The largest absolute Gasteiger partial charge is 0.496 e. The zero-order chi connectivity index (χ0) is 57.1. The molecular formula is C55H71Cl9O14. The van der Waals surface area contributed by atoms with E-state index >= 15 is 0 Å². The summed E-state index contributed by atoms with van der Waals surface area (Å²) < 4.78 is 84.3. The summed E-state index contributed by atoms with van der Waals surface area (Å²) in [6, 6.07) is 16.8. The molecule has 8 rings (SSSR count). The summed E-state index contributed by atoms with van der Waals surface area (Å²) >= 11 is 43.3. The second kappa shape index (κ2) is 37.0. The van der Waals surface area contributed by atoms with Crippen molar-refractivity contribution in [1.29, 1.82) is 0 Å². The quantitative estimate of drug-likeness (QED) is 0.142. The van der Waals surface area contributed by atoms with Gasteiger partial charge in [-0.05, 0) is 24.3 Å². The maximum atomic E-state index is 6.62. The first kappa shape index (κ1) is 68.2. The Hall–Kier alpha value is -2.35. The van der Waals surface area contributed by atoms with Gasteiger partial charge in [0.05, 0.1) is 108 Å². The lowest BCUT2D eigenvalue weighted by molar-refractivity contribution is 0.00484.